The summed E-state index contributed by atoms with van der Waals surface area (Å²) in [6, 6.07) is 0. The summed E-state index contributed by atoms with van der Waals surface area (Å²) in [5.41, 5.74) is 0. The maximum absolute atomic E-state index is 8.52. The topological polar surface area (TPSA) is 126 Å². The van der Waals surface area contributed by atoms with Crippen molar-refractivity contribution in [2.24, 2.45) is 0 Å². The van der Waals surface area contributed by atoms with E-state index in [1.165, 1.54) is 0 Å². The predicted octanol–water partition coefficient (Wildman–Crippen LogP) is -6.09. The molecule has 0 saturated heterocycles. The summed E-state index contributed by atoms with van der Waals surface area (Å²) in [6.07, 6.45) is -2.33. The van der Waals surface area contributed by atoms with Crippen LogP contribution in [0.1, 0.15) is 0 Å². The van der Waals surface area contributed by atoms with Crippen LogP contribution in [-0.4, -0.2) is 70.4 Å². The molecule has 0 aromatic heterocycles. The van der Waals surface area contributed by atoms with E-state index in [1.807, 2.05) is 0 Å². The van der Waals surface area contributed by atoms with Gasteiger partial charge in [-0.2, -0.15) is 0 Å². The zero-order valence-corrected chi connectivity index (χ0v) is 9.10. The molecule has 6 nitrogen and oxygen atoms in total. The SMILES string of the molecule is O=C([O-])[O-].O=[Si]([O-])[O-].[Al+3].[Ca+2]. The largest absolute Gasteiger partial charge is 3.00 e. The average molecular weight is 203 g/mol. The van der Waals surface area contributed by atoms with Gasteiger partial charge in [-0.05, 0) is 6.16 Å². The molecule has 9 heteroatoms. The molecule has 0 spiro atoms. The van der Waals surface area contributed by atoms with Crippen molar-refractivity contribution in [3.05, 3.63) is 0 Å². The first-order valence-corrected chi connectivity index (χ1v) is 2.45. The van der Waals surface area contributed by atoms with Crippen LogP contribution in [0.15, 0.2) is 0 Å². The van der Waals surface area contributed by atoms with Crippen LogP contribution in [0.5, 0.6) is 0 Å². The van der Waals surface area contributed by atoms with Gasteiger partial charge in [-0.25, -0.2) is 0 Å². The fourth-order valence-electron chi connectivity index (χ4n) is 0. The van der Waals surface area contributed by atoms with Gasteiger partial charge in [0.15, 0.2) is 0 Å². The number of hydrogen-bond acceptors (Lipinski definition) is 6. The zero-order valence-electron chi connectivity index (χ0n) is 4.73. The van der Waals surface area contributed by atoms with Crippen LogP contribution < -0.4 is 19.8 Å². The van der Waals surface area contributed by atoms with Gasteiger partial charge in [-0.15, -0.1) is 0 Å². The van der Waals surface area contributed by atoms with E-state index >= 15 is 0 Å². The molecule has 0 N–H and O–H groups in total. The Morgan fingerprint density at radius 1 is 1.20 bits per heavy atom. The zero-order chi connectivity index (χ0) is 7.15. The molecule has 0 fully saturated rings. The molecule has 48 valence electrons. The number of carboxylic acid groups (broad SMARTS) is 2. The van der Waals surface area contributed by atoms with Crippen molar-refractivity contribution in [3.63, 3.8) is 0 Å². The van der Waals surface area contributed by atoms with Crippen molar-refractivity contribution in [3.8, 4) is 0 Å². The first-order chi connectivity index (χ1) is 3.46. The predicted molar refractivity (Wildman–Crippen MR) is 23.3 cm³/mol. The molecule has 0 aliphatic rings. The van der Waals surface area contributed by atoms with E-state index in [4.69, 9.17) is 29.1 Å². The van der Waals surface area contributed by atoms with Crippen LogP contribution >= 0.6 is 0 Å². The molecule has 0 bridgehead atoms. The first kappa shape index (κ1) is 22.4. The average Bonchev–Trinajstić information content (AvgIpc) is 1.25. The molecule has 0 aliphatic heterocycles. The van der Waals surface area contributed by atoms with Gasteiger partial charge < -0.3 is 29.1 Å². The van der Waals surface area contributed by atoms with Crippen molar-refractivity contribution < 1.29 is 29.1 Å². The summed E-state index contributed by atoms with van der Waals surface area (Å²) in [6.45, 7) is 0. The standard InChI is InChI=1S/CH2O3.Al.Ca.O3Si/c2-1(3)4;;;1-4(2)3/h(H2,2,3,4);;;/q;+3;+2;-2/p-2. The van der Waals surface area contributed by atoms with E-state index in [9.17, 15) is 0 Å². The molecule has 0 rings (SSSR count). The van der Waals surface area contributed by atoms with Gasteiger partial charge in [0.05, 0.1) is 0 Å². The minimum absolute atomic E-state index is 0. The fourth-order valence-corrected chi connectivity index (χ4v) is 0. The summed E-state index contributed by atoms with van der Waals surface area (Å²) >= 11 is 0. The molecule has 0 aliphatic carbocycles. The Hall–Kier alpha value is 0.679. The Bertz CT molecular complexity index is 75.7. The molecule has 0 amide bonds. The van der Waals surface area contributed by atoms with Crippen LogP contribution in [0.4, 0.5) is 4.79 Å². The van der Waals surface area contributed by atoms with Gasteiger partial charge >= 0.3 is 55.1 Å². The Balaban J connectivity index is -0.0000000300. The molecule has 0 aromatic carbocycles. The van der Waals surface area contributed by atoms with Gasteiger partial charge in [0.2, 0.25) is 0 Å². The Morgan fingerprint density at radius 3 is 1.20 bits per heavy atom. The van der Waals surface area contributed by atoms with Gasteiger partial charge in [-0.1, -0.05) is 0 Å². The van der Waals surface area contributed by atoms with E-state index in [0.717, 1.165) is 0 Å². The summed E-state index contributed by atoms with van der Waals surface area (Å²) in [5, 5.41) is 16.7. The smallest absolute Gasteiger partial charge is 0.672 e. The third-order valence-corrected chi connectivity index (χ3v) is 0. The van der Waals surface area contributed by atoms with Crippen LogP contribution in [0, 0.1) is 0 Å². The minimum atomic E-state index is -3.63. The van der Waals surface area contributed by atoms with Crippen LogP contribution in [-0.2, 0) is 4.46 Å². The molecular weight excluding hydrogens is 203 g/mol. The molecule has 0 saturated carbocycles. The monoisotopic (exact) mass is 203 g/mol. The summed E-state index contributed by atoms with van der Waals surface area (Å²) in [4.78, 5) is 25.4. The van der Waals surface area contributed by atoms with E-state index in [2.05, 4.69) is 0 Å². The van der Waals surface area contributed by atoms with E-state index in [0.29, 0.717) is 0 Å². The van der Waals surface area contributed by atoms with E-state index in [1.54, 1.807) is 0 Å². The minimum Gasteiger partial charge on any atom is -0.672 e. The second-order valence-corrected chi connectivity index (χ2v) is 1.00. The second kappa shape index (κ2) is 16.3. The second-order valence-electron chi connectivity index (χ2n) is 0.500. The van der Waals surface area contributed by atoms with Crippen LogP contribution in [0.3, 0.4) is 0 Å². The van der Waals surface area contributed by atoms with Gasteiger partial charge in [0.1, 0.15) is 0 Å². The van der Waals surface area contributed by atoms with Gasteiger partial charge in [0, 0.05) is 9.17 Å². The molecule has 0 unspecified atom stereocenters. The summed E-state index contributed by atoms with van der Waals surface area (Å²) < 4.78 is 8.52. The Kier molecular flexibility index (Phi) is 36.7. The van der Waals surface area contributed by atoms with Crippen LogP contribution in [0.25, 0.3) is 0 Å². The fraction of sp³-hybridized carbons (Fsp3) is 0. The van der Waals surface area contributed by atoms with Crippen molar-refractivity contribution >= 4 is 70.4 Å². The third-order valence-electron chi connectivity index (χ3n) is 0. The van der Waals surface area contributed by atoms with Crippen molar-refractivity contribution in [1.82, 2.24) is 0 Å². The molecule has 0 atom stereocenters. The van der Waals surface area contributed by atoms with Gasteiger partial charge in [0.25, 0.3) is 0 Å². The Labute approximate surface area is 98.5 Å². The Morgan fingerprint density at radius 2 is 1.20 bits per heavy atom. The number of rotatable bonds is 0. The number of carbonyl (C=O) groups is 1. The van der Waals surface area contributed by atoms with Crippen molar-refractivity contribution in [1.29, 1.82) is 0 Å². The number of carbonyl (C=O) groups excluding carboxylic acids is 1. The molecule has 0 radical (unpaired) electrons. The molecule has 0 aromatic rings. The third kappa shape index (κ3) is 1110. The van der Waals surface area contributed by atoms with E-state index < -0.39 is 15.3 Å². The first-order valence-electron chi connectivity index (χ1n) is 1.22. The molecule has 10 heavy (non-hydrogen) atoms. The number of hydrogen-bond donors (Lipinski definition) is 0. The molecule has 0 heterocycles. The normalized spacial score (nSPS) is 4.80. The van der Waals surface area contributed by atoms with Crippen molar-refractivity contribution in [2.75, 3.05) is 0 Å². The summed E-state index contributed by atoms with van der Waals surface area (Å²) in [5.74, 6) is 0. The maximum atomic E-state index is 8.52. The maximum Gasteiger partial charge on any atom is 3.00 e. The summed E-state index contributed by atoms with van der Waals surface area (Å²) in [7, 11) is -3.63. The molecular formula is CAlCaO6Si+. The van der Waals surface area contributed by atoms with Crippen molar-refractivity contribution in [2.45, 2.75) is 0 Å². The van der Waals surface area contributed by atoms with E-state index in [-0.39, 0.29) is 55.1 Å². The quantitative estimate of drug-likeness (QED) is 0.360. The van der Waals surface area contributed by atoms with Crippen LogP contribution in [0.2, 0.25) is 0 Å². The van der Waals surface area contributed by atoms with Gasteiger partial charge in [-0.3, -0.25) is 0 Å².